The molecule has 0 fully saturated rings. The van der Waals surface area contributed by atoms with Crippen molar-refractivity contribution < 1.29 is 0 Å². The van der Waals surface area contributed by atoms with Crippen LogP contribution >= 0.6 is 11.3 Å². The van der Waals surface area contributed by atoms with Crippen LogP contribution in [0.4, 0.5) is 0 Å². The Morgan fingerprint density at radius 1 is 1.05 bits per heavy atom. The summed E-state index contributed by atoms with van der Waals surface area (Å²) in [4.78, 5) is 17.0. The SMILES string of the molecule is Cn1c(=O)n(Cc2nc3ccccc3s2)c2ccccc21. The average Bonchev–Trinajstić information content (AvgIpc) is 3.02. The maximum absolute atomic E-state index is 12.4. The molecule has 0 amide bonds. The first-order chi connectivity index (χ1) is 10.2. The minimum Gasteiger partial charge on any atom is -0.295 e. The molecule has 2 heterocycles. The standard InChI is InChI=1S/C16H13N3OS/c1-18-12-7-3-4-8-13(12)19(16(18)20)10-15-17-11-6-2-5-9-14(11)21-15/h2-9H,10H2,1H3. The molecule has 4 aromatic rings. The number of hydrogen-bond acceptors (Lipinski definition) is 3. The van der Waals surface area contributed by atoms with Gasteiger partial charge >= 0.3 is 5.69 Å². The Kier molecular flexibility index (Phi) is 2.68. The van der Waals surface area contributed by atoms with E-state index in [2.05, 4.69) is 11.1 Å². The normalized spacial score (nSPS) is 11.5. The minimum atomic E-state index is -0.00421. The van der Waals surface area contributed by atoms with Gasteiger partial charge in [-0.1, -0.05) is 24.3 Å². The second kappa shape index (κ2) is 4.56. The topological polar surface area (TPSA) is 39.8 Å². The summed E-state index contributed by atoms with van der Waals surface area (Å²) in [6, 6.07) is 15.9. The highest BCUT2D eigenvalue weighted by molar-refractivity contribution is 7.18. The Hall–Kier alpha value is -2.40. The first-order valence-corrected chi connectivity index (χ1v) is 7.54. The number of thiazole rings is 1. The summed E-state index contributed by atoms with van der Waals surface area (Å²) >= 11 is 1.64. The van der Waals surface area contributed by atoms with Gasteiger partial charge in [0, 0.05) is 7.05 Å². The third-order valence-electron chi connectivity index (χ3n) is 3.68. The van der Waals surface area contributed by atoms with Gasteiger partial charge in [-0.25, -0.2) is 9.78 Å². The van der Waals surface area contributed by atoms with E-state index in [0.717, 1.165) is 26.3 Å². The molecule has 0 aliphatic heterocycles. The maximum Gasteiger partial charge on any atom is 0.329 e. The number of nitrogens with zero attached hydrogens (tertiary/aromatic N) is 3. The summed E-state index contributed by atoms with van der Waals surface area (Å²) in [5, 5.41) is 0.953. The van der Waals surface area contributed by atoms with Crippen molar-refractivity contribution in [1.29, 1.82) is 0 Å². The highest BCUT2D eigenvalue weighted by atomic mass is 32.1. The van der Waals surface area contributed by atoms with Crippen molar-refractivity contribution in [3.63, 3.8) is 0 Å². The molecule has 0 N–H and O–H groups in total. The number of benzene rings is 2. The van der Waals surface area contributed by atoms with Crippen LogP contribution < -0.4 is 5.69 Å². The van der Waals surface area contributed by atoms with Crippen LogP contribution in [0.15, 0.2) is 53.3 Å². The first-order valence-electron chi connectivity index (χ1n) is 6.73. The number of imidazole rings is 1. The molecule has 0 saturated carbocycles. The zero-order valence-corrected chi connectivity index (χ0v) is 12.3. The molecule has 0 spiro atoms. The van der Waals surface area contributed by atoms with Gasteiger partial charge in [-0.15, -0.1) is 11.3 Å². The molecule has 2 aromatic carbocycles. The van der Waals surface area contributed by atoms with Crippen LogP contribution in [0, 0.1) is 0 Å². The van der Waals surface area contributed by atoms with Gasteiger partial charge in [0.2, 0.25) is 0 Å². The van der Waals surface area contributed by atoms with Gasteiger partial charge in [-0.2, -0.15) is 0 Å². The molecule has 0 saturated heterocycles. The van der Waals surface area contributed by atoms with E-state index in [9.17, 15) is 4.79 Å². The van der Waals surface area contributed by atoms with E-state index in [1.165, 1.54) is 0 Å². The first kappa shape index (κ1) is 12.3. The molecule has 0 aliphatic carbocycles. The van der Waals surface area contributed by atoms with Crippen LogP contribution in [-0.2, 0) is 13.6 Å². The van der Waals surface area contributed by atoms with Gasteiger partial charge in [0.05, 0.1) is 27.8 Å². The number of hydrogen-bond donors (Lipinski definition) is 0. The van der Waals surface area contributed by atoms with Gasteiger partial charge in [-0.05, 0) is 24.3 Å². The van der Waals surface area contributed by atoms with Crippen molar-refractivity contribution in [1.82, 2.24) is 14.1 Å². The lowest BCUT2D eigenvalue weighted by Crippen LogP contribution is -2.22. The molecule has 0 atom stereocenters. The smallest absolute Gasteiger partial charge is 0.295 e. The van der Waals surface area contributed by atoms with Crippen LogP contribution in [0.2, 0.25) is 0 Å². The summed E-state index contributed by atoms with van der Waals surface area (Å²) in [7, 11) is 1.81. The van der Waals surface area contributed by atoms with Crippen LogP contribution in [0.1, 0.15) is 5.01 Å². The third-order valence-corrected chi connectivity index (χ3v) is 4.70. The van der Waals surface area contributed by atoms with E-state index in [-0.39, 0.29) is 5.69 Å². The van der Waals surface area contributed by atoms with Crippen LogP contribution in [0.5, 0.6) is 0 Å². The molecule has 4 nitrogen and oxygen atoms in total. The highest BCUT2D eigenvalue weighted by Gasteiger charge is 2.12. The fraction of sp³-hybridized carbons (Fsp3) is 0.125. The molecule has 0 bridgehead atoms. The molecular weight excluding hydrogens is 282 g/mol. The van der Waals surface area contributed by atoms with Crippen LogP contribution in [0.3, 0.4) is 0 Å². The summed E-state index contributed by atoms with van der Waals surface area (Å²) in [6.07, 6.45) is 0. The van der Waals surface area contributed by atoms with Crippen molar-refractivity contribution in [2.45, 2.75) is 6.54 Å². The Bertz CT molecular complexity index is 976. The van der Waals surface area contributed by atoms with Gasteiger partial charge in [0.15, 0.2) is 0 Å². The van der Waals surface area contributed by atoms with Gasteiger partial charge in [-0.3, -0.25) is 9.13 Å². The largest absolute Gasteiger partial charge is 0.329 e. The lowest BCUT2D eigenvalue weighted by atomic mass is 10.3. The average molecular weight is 295 g/mol. The summed E-state index contributed by atoms with van der Waals surface area (Å²) in [6.45, 7) is 0.513. The second-order valence-electron chi connectivity index (χ2n) is 4.99. The Morgan fingerprint density at radius 3 is 2.57 bits per heavy atom. The number of rotatable bonds is 2. The molecule has 21 heavy (non-hydrogen) atoms. The zero-order valence-electron chi connectivity index (χ0n) is 11.5. The number of aryl methyl sites for hydroxylation is 1. The summed E-state index contributed by atoms with van der Waals surface area (Å²) < 4.78 is 4.62. The van der Waals surface area contributed by atoms with Crippen LogP contribution in [0.25, 0.3) is 21.3 Å². The Balaban J connectivity index is 1.87. The van der Waals surface area contributed by atoms with E-state index in [4.69, 9.17) is 0 Å². The fourth-order valence-corrected chi connectivity index (χ4v) is 3.60. The van der Waals surface area contributed by atoms with Crippen LogP contribution in [-0.4, -0.2) is 14.1 Å². The van der Waals surface area contributed by atoms with E-state index >= 15 is 0 Å². The third kappa shape index (κ3) is 1.89. The molecule has 5 heteroatoms. The molecule has 2 aromatic heterocycles. The van der Waals surface area contributed by atoms with Gasteiger partial charge in [0.25, 0.3) is 0 Å². The second-order valence-corrected chi connectivity index (χ2v) is 6.11. The molecule has 0 aliphatic rings. The zero-order chi connectivity index (χ0) is 14.4. The number of para-hydroxylation sites is 3. The molecule has 0 radical (unpaired) electrons. The van der Waals surface area contributed by atoms with E-state index in [1.807, 2.05) is 42.5 Å². The quantitative estimate of drug-likeness (QED) is 0.570. The van der Waals surface area contributed by atoms with Gasteiger partial charge in [0.1, 0.15) is 5.01 Å². The lowest BCUT2D eigenvalue weighted by molar-refractivity contribution is 0.733. The minimum absolute atomic E-state index is 0.00421. The Labute approximate surface area is 124 Å². The lowest BCUT2D eigenvalue weighted by Gasteiger charge is -1.99. The van der Waals surface area contributed by atoms with E-state index in [0.29, 0.717) is 6.54 Å². The van der Waals surface area contributed by atoms with Crippen molar-refractivity contribution in [3.8, 4) is 0 Å². The summed E-state index contributed by atoms with van der Waals surface area (Å²) in [5.74, 6) is 0. The highest BCUT2D eigenvalue weighted by Crippen LogP contribution is 2.23. The Morgan fingerprint density at radius 2 is 1.76 bits per heavy atom. The van der Waals surface area contributed by atoms with Crippen molar-refractivity contribution in [2.24, 2.45) is 7.05 Å². The van der Waals surface area contributed by atoms with Crippen molar-refractivity contribution in [3.05, 3.63) is 64.0 Å². The predicted molar refractivity (Wildman–Crippen MR) is 85.9 cm³/mol. The molecule has 104 valence electrons. The van der Waals surface area contributed by atoms with Gasteiger partial charge < -0.3 is 0 Å². The molecule has 0 unspecified atom stereocenters. The van der Waals surface area contributed by atoms with Crippen molar-refractivity contribution in [2.75, 3.05) is 0 Å². The molecular formula is C16H13N3OS. The van der Waals surface area contributed by atoms with Crippen molar-refractivity contribution >= 4 is 32.6 Å². The fourth-order valence-electron chi connectivity index (χ4n) is 2.64. The summed E-state index contributed by atoms with van der Waals surface area (Å²) in [5.41, 5.74) is 2.88. The predicted octanol–water partition coefficient (Wildman–Crippen LogP) is 3.00. The maximum atomic E-state index is 12.4. The molecule has 4 rings (SSSR count). The number of aromatic nitrogens is 3. The van der Waals surface area contributed by atoms with E-state index < -0.39 is 0 Å². The monoisotopic (exact) mass is 295 g/mol. The van der Waals surface area contributed by atoms with E-state index in [1.54, 1.807) is 27.5 Å². The number of fused-ring (bicyclic) bond motifs is 2.